The first-order chi connectivity index (χ1) is 18.6. The van der Waals surface area contributed by atoms with Crippen molar-refractivity contribution in [1.29, 1.82) is 0 Å². The first-order valence-corrected chi connectivity index (χ1v) is 12.6. The van der Waals surface area contributed by atoms with Gasteiger partial charge in [-0.1, -0.05) is 0 Å². The Labute approximate surface area is 223 Å². The summed E-state index contributed by atoms with van der Waals surface area (Å²) in [5.41, 5.74) is 4.52. The third kappa shape index (κ3) is 6.69. The molecule has 4 heterocycles. The van der Waals surface area contributed by atoms with Gasteiger partial charge in [0.2, 0.25) is 5.91 Å². The van der Waals surface area contributed by atoms with Crippen molar-refractivity contribution in [2.45, 2.75) is 25.6 Å². The third-order valence-corrected chi connectivity index (χ3v) is 6.60. The number of H-pyrrole nitrogens is 1. The molecule has 0 radical (unpaired) electrons. The third-order valence-electron chi connectivity index (χ3n) is 6.60. The lowest BCUT2D eigenvalue weighted by Gasteiger charge is -2.35. The summed E-state index contributed by atoms with van der Waals surface area (Å²) in [6.45, 7) is 2.26. The van der Waals surface area contributed by atoms with Crippen LogP contribution in [0.3, 0.4) is 0 Å². The fourth-order valence-electron chi connectivity index (χ4n) is 4.61. The van der Waals surface area contributed by atoms with E-state index in [4.69, 9.17) is 4.98 Å². The maximum absolute atomic E-state index is 12.5. The van der Waals surface area contributed by atoms with Gasteiger partial charge in [-0.05, 0) is 42.0 Å². The van der Waals surface area contributed by atoms with Crippen LogP contribution in [0.5, 0.6) is 0 Å². The number of anilines is 1. The van der Waals surface area contributed by atoms with Crippen LogP contribution in [-0.2, 0) is 17.8 Å². The SMILES string of the molecule is CN(C)c1ccnc(-c2ccc3nc(Cc4cc(CN5CCN(C(=O)CC(F)(F)F)CC5)ccn4)[nH]c3c2)n1. The number of carbonyl (C=O) groups is 1. The zero-order valence-corrected chi connectivity index (χ0v) is 21.7. The monoisotopic (exact) mass is 538 g/mol. The van der Waals surface area contributed by atoms with E-state index < -0.39 is 18.5 Å². The summed E-state index contributed by atoms with van der Waals surface area (Å²) in [5.74, 6) is 1.39. The van der Waals surface area contributed by atoms with Crippen LogP contribution in [0.4, 0.5) is 19.0 Å². The summed E-state index contributed by atoms with van der Waals surface area (Å²) in [6.07, 6.45) is -1.86. The van der Waals surface area contributed by atoms with E-state index in [1.165, 1.54) is 4.90 Å². The molecule has 0 saturated carbocycles. The molecule has 1 aliphatic rings. The number of amides is 1. The molecule has 1 aromatic carbocycles. The molecule has 5 rings (SSSR count). The van der Waals surface area contributed by atoms with Crippen molar-refractivity contribution in [2.24, 2.45) is 0 Å². The lowest BCUT2D eigenvalue weighted by molar-refractivity contribution is -0.162. The van der Waals surface area contributed by atoms with E-state index in [0.29, 0.717) is 31.9 Å². The topological polar surface area (TPSA) is 94.1 Å². The predicted octanol–water partition coefficient (Wildman–Crippen LogP) is 3.67. The Morgan fingerprint density at radius 2 is 1.77 bits per heavy atom. The number of benzene rings is 1. The Morgan fingerprint density at radius 1 is 1.00 bits per heavy atom. The molecule has 1 fully saturated rings. The molecule has 0 atom stereocenters. The fraction of sp³-hybridized carbons (Fsp3) is 0.370. The minimum absolute atomic E-state index is 0.290. The number of halogens is 3. The molecule has 1 N–H and O–H groups in total. The second-order valence-corrected chi connectivity index (χ2v) is 9.83. The quantitative estimate of drug-likeness (QED) is 0.384. The highest BCUT2D eigenvalue weighted by Crippen LogP contribution is 2.23. The zero-order valence-electron chi connectivity index (χ0n) is 21.7. The lowest BCUT2D eigenvalue weighted by Crippen LogP contribution is -2.49. The van der Waals surface area contributed by atoms with E-state index in [1.54, 1.807) is 12.4 Å². The average Bonchev–Trinajstić information content (AvgIpc) is 3.30. The minimum atomic E-state index is -4.48. The van der Waals surface area contributed by atoms with Gasteiger partial charge < -0.3 is 14.8 Å². The smallest absolute Gasteiger partial charge is 0.363 e. The van der Waals surface area contributed by atoms with Gasteiger partial charge in [0.15, 0.2) is 5.82 Å². The number of aromatic amines is 1. The summed E-state index contributed by atoms with van der Waals surface area (Å²) in [5, 5.41) is 0. The average molecular weight is 539 g/mol. The Balaban J connectivity index is 1.22. The van der Waals surface area contributed by atoms with Gasteiger partial charge in [-0.15, -0.1) is 0 Å². The summed E-state index contributed by atoms with van der Waals surface area (Å²) < 4.78 is 37.6. The van der Waals surface area contributed by atoms with E-state index in [0.717, 1.165) is 39.5 Å². The van der Waals surface area contributed by atoms with Gasteiger partial charge in [0.05, 0.1) is 11.0 Å². The largest absolute Gasteiger partial charge is 0.397 e. The number of rotatable bonds is 7. The Bertz CT molecular complexity index is 1460. The molecule has 39 heavy (non-hydrogen) atoms. The van der Waals surface area contributed by atoms with Crippen LogP contribution in [0.25, 0.3) is 22.4 Å². The number of alkyl halides is 3. The van der Waals surface area contributed by atoms with E-state index in [9.17, 15) is 18.0 Å². The normalized spacial score (nSPS) is 14.6. The van der Waals surface area contributed by atoms with Crippen molar-refractivity contribution in [3.05, 3.63) is 65.9 Å². The van der Waals surface area contributed by atoms with Crippen LogP contribution >= 0.6 is 0 Å². The summed E-state index contributed by atoms with van der Waals surface area (Å²) in [4.78, 5) is 38.8. The maximum atomic E-state index is 12.5. The Morgan fingerprint density at radius 3 is 2.51 bits per heavy atom. The number of aromatic nitrogens is 5. The number of hydrogen-bond donors (Lipinski definition) is 1. The van der Waals surface area contributed by atoms with E-state index in [1.807, 2.05) is 55.4 Å². The first kappa shape index (κ1) is 26.5. The summed E-state index contributed by atoms with van der Waals surface area (Å²) in [6, 6.07) is 11.7. The minimum Gasteiger partial charge on any atom is -0.363 e. The first-order valence-electron chi connectivity index (χ1n) is 12.6. The number of carbonyl (C=O) groups excluding carboxylic acids is 1. The van der Waals surface area contributed by atoms with Crippen LogP contribution in [0.15, 0.2) is 48.8 Å². The zero-order chi connectivity index (χ0) is 27.6. The number of imidazole rings is 1. The summed E-state index contributed by atoms with van der Waals surface area (Å²) >= 11 is 0. The fourth-order valence-corrected chi connectivity index (χ4v) is 4.61. The molecule has 4 aromatic rings. The van der Waals surface area contributed by atoms with Crippen molar-refractivity contribution < 1.29 is 18.0 Å². The Kier molecular flexibility index (Phi) is 7.47. The number of nitrogens with zero attached hydrogens (tertiary/aromatic N) is 7. The van der Waals surface area contributed by atoms with E-state index in [-0.39, 0.29) is 13.1 Å². The molecule has 9 nitrogen and oxygen atoms in total. The van der Waals surface area contributed by atoms with Crippen molar-refractivity contribution in [3.63, 3.8) is 0 Å². The molecule has 1 saturated heterocycles. The predicted molar refractivity (Wildman–Crippen MR) is 141 cm³/mol. The second kappa shape index (κ2) is 11.0. The molecule has 1 aliphatic heterocycles. The van der Waals surface area contributed by atoms with E-state index in [2.05, 4.69) is 24.8 Å². The van der Waals surface area contributed by atoms with Gasteiger partial charge in [0, 0.05) is 76.9 Å². The maximum Gasteiger partial charge on any atom is 0.397 e. The Hall–Kier alpha value is -4.06. The van der Waals surface area contributed by atoms with Gasteiger partial charge in [-0.25, -0.2) is 15.0 Å². The molecule has 0 aliphatic carbocycles. The van der Waals surface area contributed by atoms with Crippen molar-refractivity contribution in [1.82, 2.24) is 34.7 Å². The van der Waals surface area contributed by atoms with Gasteiger partial charge in [-0.3, -0.25) is 14.7 Å². The van der Waals surface area contributed by atoms with Crippen LogP contribution in [-0.4, -0.2) is 87.1 Å². The summed E-state index contributed by atoms with van der Waals surface area (Å²) in [7, 11) is 3.87. The van der Waals surface area contributed by atoms with Crippen LogP contribution in [0, 0.1) is 0 Å². The van der Waals surface area contributed by atoms with Crippen LogP contribution < -0.4 is 4.90 Å². The molecule has 0 bridgehead atoms. The van der Waals surface area contributed by atoms with Crippen molar-refractivity contribution >= 4 is 22.8 Å². The number of hydrogen-bond acceptors (Lipinski definition) is 7. The number of fused-ring (bicyclic) bond motifs is 1. The van der Waals surface area contributed by atoms with E-state index >= 15 is 0 Å². The lowest BCUT2D eigenvalue weighted by atomic mass is 10.1. The van der Waals surface area contributed by atoms with Gasteiger partial charge in [-0.2, -0.15) is 13.2 Å². The highest BCUT2D eigenvalue weighted by Gasteiger charge is 2.34. The molecule has 12 heteroatoms. The molecule has 204 valence electrons. The highest BCUT2D eigenvalue weighted by atomic mass is 19.4. The molecular formula is C27H29F3N8O. The highest BCUT2D eigenvalue weighted by molar-refractivity contribution is 5.80. The van der Waals surface area contributed by atoms with Crippen LogP contribution in [0.2, 0.25) is 0 Å². The number of nitrogens with one attached hydrogen (secondary N) is 1. The van der Waals surface area contributed by atoms with Gasteiger partial charge in [0.25, 0.3) is 0 Å². The van der Waals surface area contributed by atoms with Gasteiger partial charge >= 0.3 is 6.18 Å². The van der Waals surface area contributed by atoms with Crippen LogP contribution in [0.1, 0.15) is 23.5 Å². The standard InChI is InChI=1S/C27H29F3N8O/c1-36(2)24-6-8-32-26(35-24)19-3-4-21-22(14-19)34-23(33-21)15-20-13-18(5-7-31-20)17-37-9-11-38(12-10-37)25(39)16-27(28,29)30/h3-8,13-14H,9-12,15-17H2,1-2H3,(H,33,34). The number of pyridine rings is 1. The molecule has 0 unspecified atom stereocenters. The molecule has 0 spiro atoms. The molecule has 3 aromatic heterocycles. The van der Waals surface area contributed by atoms with Gasteiger partial charge in [0.1, 0.15) is 18.1 Å². The number of piperazine rings is 1. The molecular weight excluding hydrogens is 509 g/mol. The van der Waals surface area contributed by atoms with Crippen molar-refractivity contribution in [3.8, 4) is 11.4 Å². The molecule has 1 amide bonds. The second-order valence-electron chi connectivity index (χ2n) is 9.83. The van der Waals surface area contributed by atoms with Crippen molar-refractivity contribution in [2.75, 3.05) is 45.2 Å².